The molecule has 2 aliphatic rings. The fourth-order valence-electron chi connectivity index (χ4n) is 3.41. The van der Waals surface area contributed by atoms with Crippen LogP contribution in [0.2, 0.25) is 5.15 Å². The number of piperidine rings is 1. The van der Waals surface area contributed by atoms with Crippen LogP contribution in [0.5, 0.6) is 0 Å². The van der Waals surface area contributed by atoms with Crippen molar-refractivity contribution < 1.29 is 9.59 Å². The van der Waals surface area contributed by atoms with Gasteiger partial charge in [0.05, 0.1) is 0 Å². The largest absolute Gasteiger partial charge is 0.356 e. The zero-order valence-corrected chi connectivity index (χ0v) is 15.0. The molecule has 136 valence electrons. The van der Waals surface area contributed by atoms with E-state index in [1.807, 2.05) is 11.0 Å². The molecule has 7 nitrogen and oxygen atoms in total. The average molecular weight is 366 g/mol. The lowest BCUT2D eigenvalue weighted by atomic mass is 9.96. The Morgan fingerprint density at radius 3 is 2.68 bits per heavy atom. The summed E-state index contributed by atoms with van der Waals surface area (Å²) in [7, 11) is 0. The van der Waals surface area contributed by atoms with Gasteiger partial charge in [0.25, 0.3) is 0 Å². The number of anilines is 1. The number of hydrogen-bond acceptors (Lipinski definition) is 5. The van der Waals surface area contributed by atoms with Crippen molar-refractivity contribution in [3.05, 3.63) is 17.3 Å². The molecule has 0 aromatic carbocycles. The van der Waals surface area contributed by atoms with Crippen molar-refractivity contribution in [2.45, 2.75) is 32.1 Å². The molecule has 0 radical (unpaired) electrons. The number of aromatic nitrogens is 2. The van der Waals surface area contributed by atoms with E-state index in [4.69, 9.17) is 11.6 Å². The zero-order valence-electron chi connectivity index (χ0n) is 14.3. The highest BCUT2D eigenvalue weighted by Gasteiger charge is 2.25. The molecular weight excluding hydrogens is 342 g/mol. The number of nitrogens with zero attached hydrogens (tertiary/aromatic N) is 4. The van der Waals surface area contributed by atoms with Crippen LogP contribution < -0.4 is 10.2 Å². The molecule has 3 rings (SSSR count). The van der Waals surface area contributed by atoms with E-state index >= 15 is 0 Å². The molecule has 0 atom stereocenters. The van der Waals surface area contributed by atoms with Gasteiger partial charge >= 0.3 is 0 Å². The summed E-state index contributed by atoms with van der Waals surface area (Å²) in [5.74, 6) is 1.21. The van der Waals surface area contributed by atoms with Gasteiger partial charge in [-0.25, -0.2) is 0 Å². The van der Waals surface area contributed by atoms with Gasteiger partial charge in [0.1, 0.15) is 0 Å². The van der Waals surface area contributed by atoms with Crippen LogP contribution in [-0.2, 0) is 9.59 Å². The number of likely N-dealkylation sites (tertiary alicyclic amines) is 1. The molecule has 1 N–H and O–H groups in total. The van der Waals surface area contributed by atoms with Gasteiger partial charge in [-0.05, 0) is 37.8 Å². The van der Waals surface area contributed by atoms with Crippen LogP contribution in [0, 0.1) is 5.92 Å². The number of hydrogen-bond donors (Lipinski definition) is 1. The summed E-state index contributed by atoms with van der Waals surface area (Å²) in [4.78, 5) is 27.8. The first-order valence-electron chi connectivity index (χ1n) is 8.93. The zero-order chi connectivity index (χ0) is 17.6. The Kier molecular flexibility index (Phi) is 6.07. The van der Waals surface area contributed by atoms with E-state index in [0.29, 0.717) is 18.1 Å². The molecule has 2 amide bonds. The van der Waals surface area contributed by atoms with Crippen molar-refractivity contribution in [1.82, 2.24) is 20.4 Å². The Bertz CT molecular complexity index is 602. The highest BCUT2D eigenvalue weighted by atomic mass is 35.5. The van der Waals surface area contributed by atoms with E-state index in [2.05, 4.69) is 20.4 Å². The fraction of sp³-hybridized carbons (Fsp3) is 0.647. The Hall–Kier alpha value is -1.89. The molecule has 25 heavy (non-hydrogen) atoms. The molecule has 2 saturated heterocycles. The molecule has 2 fully saturated rings. The molecule has 0 saturated carbocycles. The van der Waals surface area contributed by atoms with Gasteiger partial charge in [-0.1, -0.05) is 11.6 Å². The smallest absolute Gasteiger partial charge is 0.223 e. The molecule has 0 spiro atoms. The number of carbonyl (C=O) groups excluding carboxylic acids is 2. The first kappa shape index (κ1) is 17.9. The van der Waals surface area contributed by atoms with Crippen LogP contribution in [0.1, 0.15) is 32.1 Å². The van der Waals surface area contributed by atoms with E-state index < -0.39 is 0 Å². The lowest BCUT2D eigenvalue weighted by Crippen LogP contribution is -2.41. The van der Waals surface area contributed by atoms with E-state index in [-0.39, 0.29) is 17.7 Å². The first-order valence-corrected chi connectivity index (χ1v) is 9.31. The van der Waals surface area contributed by atoms with Crippen LogP contribution in [0.3, 0.4) is 0 Å². The van der Waals surface area contributed by atoms with Gasteiger partial charge in [0.15, 0.2) is 11.0 Å². The Morgan fingerprint density at radius 2 is 2.04 bits per heavy atom. The number of halogens is 1. The minimum absolute atomic E-state index is 0.0462. The minimum atomic E-state index is 0.0462. The van der Waals surface area contributed by atoms with E-state index in [9.17, 15) is 9.59 Å². The maximum atomic E-state index is 12.3. The monoisotopic (exact) mass is 365 g/mol. The third kappa shape index (κ3) is 4.81. The van der Waals surface area contributed by atoms with Crippen molar-refractivity contribution in [1.29, 1.82) is 0 Å². The summed E-state index contributed by atoms with van der Waals surface area (Å²) in [6, 6.07) is 3.59. The van der Waals surface area contributed by atoms with Gasteiger partial charge in [-0.15, -0.1) is 10.2 Å². The van der Waals surface area contributed by atoms with Gasteiger partial charge in [-0.2, -0.15) is 0 Å². The van der Waals surface area contributed by atoms with E-state index in [1.165, 1.54) is 0 Å². The van der Waals surface area contributed by atoms with Crippen molar-refractivity contribution >= 4 is 29.2 Å². The molecule has 8 heteroatoms. The van der Waals surface area contributed by atoms with Gasteiger partial charge in [0.2, 0.25) is 11.8 Å². The lowest BCUT2D eigenvalue weighted by Gasteiger charge is -2.31. The SMILES string of the molecule is O=C(NCCCN1CCCC1=O)C1CCN(c2ccc(Cl)nn2)CC1. The van der Waals surface area contributed by atoms with Crippen LogP contribution in [-0.4, -0.2) is 59.6 Å². The predicted octanol–water partition coefficient (Wildman–Crippen LogP) is 1.48. The van der Waals surface area contributed by atoms with Crippen molar-refractivity contribution in [3.8, 4) is 0 Å². The van der Waals surface area contributed by atoms with Crippen LogP contribution in [0.15, 0.2) is 12.1 Å². The highest BCUT2D eigenvalue weighted by molar-refractivity contribution is 6.29. The van der Waals surface area contributed by atoms with Crippen molar-refractivity contribution in [2.24, 2.45) is 5.92 Å². The van der Waals surface area contributed by atoms with Gasteiger partial charge in [0, 0.05) is 45.1 Å². The second-order valence-corrected chi connectivity index (χ2v) is 6.99. The van der Waals surface area contributed by atoms with E-state index in [1.54, 1.807) is 6.07 Å². The number of nitrogens with one attached hydrogen (secondary N) is 1. The Balaban J connectivity index is 1.35. The van der Waals surface area contributed by atoms with Crippen LogP contribution in [0.4, 0.5) is 5.82 Å². The third-order valence-corrected chi connectivity index (χ3v) is 5.08. The molecule has 3 heterocycles. The summed E-state index contributed by atoms with van der Waals surface area (Å²) in [6.07, 6.45) is 4.06. The molecule has 0 bridgehead atoms. The number of amides is 2. The summed E-state index contributed by atoms with van der Waals surface area (Å²) >= 11 is 5.76. The van der Waals surface area contributed by atoms with Gasteiger partial charge in [-0.3, -0.25) is 9.59 Å². The third-order valence-electron chi connectivity index (χ3n) is 4.88. The summed E-state index contributed by atoms with van der Waals surface area (Å²) in [5.41, 5.74) is 0. The van der Waals surface area contributed by atoms with Crippen molar-refractivity contribution in [2.75, 3.05) is 37.6 Å². The quantitative estimate of drug-likeness (QED) is 0.772. The molecule has 0 aliphatic carbocycles. The maximum absolute atomic E-state index is 12.3. The second kappa shape index (κ2) is 8.47. The Morgan fingerprint density at radius 1 is 1.24 bits per heavy atom. The Labute approximate surface area is 152 Å². The number of carbonyl (C=O) groups is 2. The maximum Gasteiger partial charge on any atom is 0.223 e. The van der Waals surface area contributed by atoms with E-state index in [0.717, 1.165) is 57.7 Å². The van der Waals surface area contributed by atoms with Crippen LogP contribution >= 0.6 is 11.6 Å². The lowest BCUT2D eigenvalue weighted by molar-refractivity contribution is -0.127. The molecule has 0 unspecified atom stereocenters. The standard InChI is InChI=1S/C17H24ClN5O2/c18-14-4-5-15(21-20-14)22-11-6-13(7-12-22)17(25)19-8-2-10-23-9-1-3-16(23)24/h4-5,13H,1-3,6-12H2,(H,19,25). The summed E-state index contributed by atoms with van der Waals surface area (Å²) < 4.78 is 0. The molecule has 1 aromatic rings. The predicted molar refractivity (Wildman–Crippen MR) is 95.4 cm³/mol. The fourth-order valence-corrected chi connectivity index (χ4v) is 3.52. The minimum Gasteiger partial charge on any atom is -0.356 e. The average Bonchev–Trinajstić information content (AvgIpc) is 3.04. The second-order valence-electron chi connectivity index (χ2n) is 6.60. The summed E-state index contributed by atoms with van der Waals surface area (Å²) in [5, 5.41) is 11.3. The summed E-state index contributed by atoms with van der Waals surface area (Å²) in [6.45, 7) is 3.81. The highest BCUT2D eigenvalue weighted by Crippen LogP contribution is 2.22. The van der Waals surface area contributed by atoms with Gasteiger partial charge < -0.3 is 15.1 Å². The van der Waals surface area contributed by atoms with Crippen molar-refractivity contribution in [3.63, 3.8) is 0 Å². The normalized spacial score (nSPS) is 18.7. The first-order chi connectivity index (χ1) is 12.1. The molecular formula is C17H24ClN5O2. The molecule has 2 aliphatic heterocycles. The molecule has 1 aromatic heterocycles. The number of rotatable bonds is 6. The topological polar surface area (TPSA) is 78.4 Å². The van der Waals surface area contributed by atoms with Crippen LogP contribution in [0.25, 0.3) is 0 Å².